The summed E-state index contributed by atoms with van der Waals surface area (Å²) in [6.45, 7) is 2.16. The van der Waals surface area contributed by atoms with E-state index in [1.807, 2.05) is 31.2 Å². The number of aliphatic hydroxyl groups excluding tert-OH is 1. The largest absolute Gasteiger partial charge is 0.387 e. The van der Waals surface area contributed by atoms with Gasteiger partial charge in [-0.3, -0.25) is 4.79 Å². The maximum absolute atomic E-state index is 12.2. The second kappa shape index (κ2) is 7.78. The van der Waals surface area contributed by atoms with E-state index in [1.165, 1.54) is 0 Å². The van der Waals surface area contributed by atoms with Crippen molar-refractivity contribution in [3.05, 3.63) is 35.4 Å². The number of halogens is 1. The van der Waals surface area contributed by atoms with Crippen LogP contribution < -0.4 is 11.1 Å². The molecule has 1 aromatic rings. The van der Waals surface area contributed by atoms with Crippen molar-refractivity contribution in [2.75, 3.05) is 6.54 Å². The standard InChI is InChI=1S/C16H24N2O2.ClH/c1-12-7-3-4-8-13(12)14(19)11-18-15(20)16(17)9-5-2-6-10-16;/h3-4,7-8,14,19H,2,5-6,9-11,17H2,1H3,(H,18,20);1H. The molecule has 0 aromatic heterocycles. The maximum Gasteiger partial charge on any atom is 0.240 e. The third-order valence-electron chi connectivity index (χ3n) is 4.20. The van der Waals surface area contributed by atoms with Gasteiger partial charge in [0.1, 0.15) is 0 Å². The molecule has 0 spiro atoms. The number of hydrogen-bond acceptors (Lipinski definition) is 3. The maximum atomic E-state index is 12.2. The highest BCUT2D eigenvalue weighted by Crippen LogP contribution is 2.26. The third-order valence-corrected chi connectivity index (χ3v) is 4.20. The smallest absolute Gasteiger partial charge is 0.240 e. The minimum absolute atomic E-state index is 0. The molecule has 4 nitrogen and oxygen atoms in total. The fourth-order valence-corrected chi connectivity index (χ4v) is 2.85. The quantitative estimate of drug-likeness (QED) is 0.798. The molecular weight excluding hydrogens is 288 g/mol. The van der Waals surface area contributed by atoms with Crippen molar-refractivity contribution in [3.8, 4) is 0 Å². The number of amides is 1. The van der Waals surface area contributed by atoms with Gasteiger partial charge in [-0.25, -0.2) is 0 Å². The van der Waals surface area contributed by atoms with Crippen molar-refractivity contribution in [2.24, 2.45) is 5.73 Å². The van der Waals surface area contributed by atoms with Crippen LogP contribution in [0.3, 0.4) is 0 Å². The van der Waals surface area contributed by atoms with Crippen LogP contribution in [0.2, 0.25) is 0 Å². The molecule has 1 aromatic carbocycles. The van der Waals surface area contributed by atoms with Gasteiger partial charge in [-0.05, 0) is 30.9 Å². The molecule has 2 rings (SSSR count). The fourth-order valence-electron chi connectivity index (χ4n) is 2.85. The SMILES string of the molecule is Cc1ccccc1C(O)CNC(=O)C1(N)CCCCC1.Cl. The topological polar surface area (TPSA) is 75.3 Å². The molecule has 1 unspecified atom stereocenters. The normalized spacial score (nSPS) is 18.4. The van der Waals surface area contributed by atoms with E-state index in [0.717, 1.165) is 43.2 Å². The first-order valence-electron chi connectivity index (χ1n) is 7.34. The first kappa shape index (κ1) is 18.0. The Balaban J connectivity index is 0.00000220. The van der Waals surface area contributed by atoms with Crippen LogP contribution >= 0.6 is 12.4 Å². The minimum Gasteiger partial charge on any atom is -0.387 e. The Morgan fingerprint density at radius 1 is 1.33 bits per heavy atom. The first-order chi connectivity index (χ1) is 9.53. The second-order valence-corrected chi connectivity index (χ2v) is 5.80. The lowest BCUT2D eigenvalue weighted by atomic mass is 9.82. The molecule has 1 aliphatic carbocycles. The number of nitrogens with two attached hydrogens (primary N) is 1. The Morgan fingerprint density at radius 2 is 1.95 bits per heavy atom. The molecule has 4 N–H and O–H groups in total. The van der Waals surface area contributed by atoms with Crippen LogP contribution in [0.4, 0.5) is 0 Å². The zero-order chi connectivity index (χ0) is 14.6. The van der Waals surface area contributed by atoms with Gasteiger partial charge in [0.2, 0.25) is 5.91 Å². The molecule has 0 saturated heterocycles. The lowest BCUT2D eigenvalue weighted by Gasteiger charge is -2.32. The van der Waals surface area contributed by atoms with E-state index in [2.05, 4.69) is 5.32 Å². The molecule has 1 atom stereocenters. The van der Waals surface area contributed by atoms with Crippen LogP contribution in [0.25, 0.3) is 0 Å². The average Bonchev–Trinajstić information content (AvgIpc) is 2.45. The molecule has 0 heterocycles. The summed E-state index contributed by atoms with van der Waals surface area (Å²) in [7, 11) is 0. The number of carbonyl (C=O) groups is 1. The monoisotopic (exact) mass is 312 g/mol. The lowest BCUT2D eigenvalue weighted by molar-refractivity contribution is -0.128. The van der Waals surface area contributed by atoms with E-state index in [-0.39, 0.29) is 24.9 Å². The van der Waals surface area contributed by atoms with Crippen LogP contribution in [0, 0.1) is 6.92 Å². The van der Waals surface area contributed by atoms with Crippen molar-refractivity contribution in [3.63, 3.8) is 0 Å². The van der Waals surface area contributed by atoms with Crippen molar-refractivity contribution in [2.45, 2.75) is 50.7 Å². The van der Waals surface area contributed by atoms with E-state index in [9.17, 15) is 9.90 Å². The number of hydrogen-bond donors (Lipinski definition) is 3. The first-order valence-corrected chi connectivity index (χ1v) is 7.34. The summed E-state index contributed by atoms with van der Waals surface area (Å²) in [6, 6.07) is 7.65. The van der Waals surface area contributed by atoms with Gasteiger partial charge < -0.3 is 16.2 Å². The summed E-state index contributed by atoms with van der Waals surface area (Å²) in [5.41, 5.74) is 7.29. The Kier molecular flexibility index (Phi) is 6.65. The zero-order valence-electron chi connectivity index (χ0n) is 12.5. The van der Waals surface area contributed by atoms with Crippen LogP contribution in [-0.2, 0) is 4.79 Å². The van der Waals surface area contributed by atoms with Crippen molar-refractivity contribution in [1.29, 1.82) is 0 Å². The molecule has 1 amide bonds. The van der Waals surface area contributed by atoms with Gasteiger partial charge in [0.25, 0.3) is 0 Å². The molecule has 1 saturated carbocycles. The summed E-state index contributed by atoms with van der Waals surface area (Å²) < 4.78 is 0. The van der Waals surface area contributed by atoms with Gasteiger partial charge in [0, 0.05) is 6.54 Å². The zero-order valence-corrected chi connectivity index (χ0v) is 13.3. The van der Waals surface area contributed by atoms with Crippen LogP contribution in [0.15, 0.2) is 24.3 Å². The second-order valence-electron chi connectivity index (χ2n) is 5.80. The van der Waals surface area contributed by atoms with Crippen LogP contribution in [0.5, 0.6) is 0 Å². The summed E-state index contributed by atoms with van der Waals surface area (Å²) in [4.78, 5) is 12.2. The summed E-state index contributed by atoms with van der Waals surface area (Å²) in [6.07, 6.45) is 3.94. The van der Waals surface area contributed by atoms with E-state index in [1.54, 1.807) is 0 Å². The Hall–Kier alpha value is -1.10. The Labute approximate surface area is 132 Å². The minimum atomic E-state index is -0.746. The predicted octanol–water partition coefficient (Wildman–Crippen LogP) is 2.23. The lowest BCUT2D eigenvalue weighted by Crippen LogP contribution is -2.55. The number of aryl methyl sites for hydroxylation is 1. The molecule has 5 heteroatoms. The predicted molar refractivity (Wildman–Crippen MR) is 86.4 cm³/mol. The number of aliphatic hydroxyl groups is 1. The summed E-state index contributed by atoms with van der Waals surface area (Å²) >= 11 is 0. The number of carbonyl (C=O) groups excluding carboxylic acids is 1. The molecule has 0 radical (unpaired) electrons. The molecule has 118 valence electrons. The molecular formula is C16H25ClN2O2. The van der Waals surface area contributed by atoms with Gasteiger partial charge in [0.05, 0.1) is 11.6 Å². The average molecular weight is 313 g/mol. The van der Waals surface area contributed by atoms with Crippen LogP contribution in [0.1, 0.15) is 49.3 Å². The van der Waals surface area contributed by atoms with Crippen LogP contribution in [-0.4, -0.2) is 23.1 Å². The molecule has 1 fully saturated rings. The Bertz CT molecular complexity index is 473. The molecule has 0 aliphatic heterocycles. The summed E-state index contributed by atoms with van der Waals surface area (Å²) in [5.74, 6) is -0.134. The number of nitrogens with one attached hydrogen (secondary N) is 1. The van der Waals surface area contributed by atoms with E-state index in [4.69, 9.17) is 5.73 Å². The van der Waals surface area contributed by atoms with Gasteiger partial charge in [-0.1, -0.05) is 43.5 Å². The summed E-state index contributed by atoms with van der Waals surface area (Å²) in [5, 5.41) is 13.0. The fraction of sp³-hybridized carbons (Fsp3) is 0.562. The number of rotatable bonds is 4. The van der Waals surface area contributed by atoms with Crippen molar-refractivity contribution >= 4 is 18.3 Å². The van der Waals surface area contributed by atoms with Gasteiger partial charge >= 0.3 is 0 Å². The van der Waals surface area contributed by atoms with Gasteiger partial charge in [-0.15, -0.1) is 12.4 Å². The third kappa shape index (κ3) is 4.43. The molecule has 1 aliphatic rings. The van der Waals surface area contributed by atoms with Crippen molar-refractivity contribution in [1.82, 2.24) is 5.32 Å². The van der Waals surface area contributed by atoms with E-state index < -0.39 is 11.6 Å². The highest BCUT2D eigenvalue weighted by Gasteiger charge is 2.35. The van der Waals surface area contributed by atoms with E-state index >= 15 is 0 Å². The highest BCUT2D eigenvalue weighted by molar-refractivity contribution is 5.86. The van der Waals surface area contributed by atoms with Gasteiger partial charge in [0.15, 0.2) is 0 Å². The number of benzene rings is 1. The molecule has 0 bridgehead atoms. The molecule has 21 heavy (non-hydrogen) atoms. The Morgan fingerprint density at radius 3 is 2.57 bits per heavy atom. The van der Waals surface area contributed by atoms with E-state index in [0.29, 0.717) is 0 Å². The highest BCUT2D eigenvalue weighted by atomic mass is 35.5. The van der Waals surface area contributed by atoms with Gasteiger partial charge in [-0.2, -0.15) is 0 Å². The van der Waals surface area contributed by atoms with Crippen molar-refractivity contribution < 1.29 is 9.90 Å².